The highest BCUT2D eigenvalue weighted by Gasteiger charge is 2.00. The molecular formula is C14H30N2O6. The summed E-state index contributed by atoms with van der Waals surface area (Å²) >= 11 is 0. The lowest BCUT2D eigenvalue weighted by Gasteiger charge is -2.13. The van der Waals surface area contributed by atoms with Crippen LogP contribution in [0, 0.1) is 0 Å². The lowest BCUT2D eigenvalue weighted by Crippen LogP contribution is -2.17. The molecule has 132 valence electrons. The number of nitrogens with two attached hydrogens (primary N) is 2. The Morgan fingerprint density at radius 3 is 1.50 bits per heavy atom. The molecule has 8 nitrogen and oxygen atoms in total. The number of hydrogen-bond donors (Lipinski definition) is 4. The van der Waals surface area contributed by atoms with E-state index in [1.807, 2.05) is 6.92 Å². The Balaban J connectivity index is 0. The molecule has 0 aromatic rings. The van der Waals surface area contributed by atoms with Crippen molar-refractivity contribution in [1.29, 1.82) is 0 Å². The van der Waals surface area contributed by atoms with E-state index in [1.54, 1.807) is 0 Å². The maximum absolute atomic E-state index is 9.90. The van der Waals surface area contributed by atoms with Crippen molar-refractivity contribution in [2.75, 3.05) is 26.3 Å². The van der Waals surface area contributed by atoms with E-state index in [0.29, 0.717) is 39.1 Å². The fraction of sp³-hybridized carbons (Fsp3) is 0.857. The summed E-state index contributed by atoms with van der Waals surface area (Å²) in [6, 6.07) is 0. The zero-order chi connectivity index (χ0) is 17.2. The van der Waals surface area contributed by atoms with Crippen molar-refractivity contribution in [2.24, 2.45) is 11.5 Å². The lowest BCUT2D eigenvalue weighted by molar-refractivity contribution is -0.139. The second kappa shape index (κ2) is 17.8. The first-order chi connectivity index (χ1) is 10.4. The average Bonchev–Trinajstić information content (AvgIpc) is 2.44. The predicted octanol–water partition coefficient (Wildman–Crippen LogP) is 0.779. The predicted molar refractivity (Wildman–Crippen MR) is 82.4 cm³/mol. The van der Waals surface area contributed by atoms with E-state index >= 15 is 0 Å². The van der Waals surface area contributed by atoms with Crippen molar-refractivity contribution < 1.29 is 29.3 Å². The van der Waals surface area contributed by atoms with E-state index in [0.717, 1.165) is 12.8 Å². The summed E-state index contributed by atoms with van der Waals surface area (Å²) < 4.78 is 10.6. The van der Waals surface area contributed by atoms with Crippen molar-refractivity contribution in [2.45, 2.75) is 51.7 Å². The summed E-state index contributed by atoms with van der Waals surface area (Å²) in [6.45, 7) is 4.54. The van der Waals surface area contributed by atoms with E-state index in [4.69, 9.17) is 31.2 Å². The number of carboxylic acid groups (broad SMARTS) is 2. The average molecular weight is 322 g/mol. The summed E-state index contributed by atoms with van der Waals surface area (Å²) in [6.07, 6.45) is 2.64. The van der Waals surface area contributed by atoms with Gasteiger partial charge in [0.25, 0.3) is 0 Å². The Morgan fingerprint density at radius 2 is 1.23 bits per heavy atom. The van der Waals surface area contributed by atoms with Gasteiger partial charge in [0.15, 0.2) is 6.29 Å². The van der Waals surface area contributed by atoms with Gasteiger partial charge < -0.3 is 31.2 Å². The third-order valence-electron chi connectivity index (χ3n) is 2.43. The molecule has 8 heteroatoms. The molecule has 0 saturated heterocycles. The zero-order valence-corrected chi connectivity index (χ0v) is 13.3. The van der Waals surface area contributed by atoms with Crippen molar-refractivity contribution in [3.8, 4) is 0 Å². The normalized spacial score (nSPS) is 10.2. The summed E-state index contributed by atoms with van der Waals surface area (Å²) in [5.41, 5.74) is 10.6. The minimum absolute atomic E-state index is 0.0628. The summed E-state index contributed by atoms with van der Waals surface area (Å²) in [7, 11) is 0. The molecule has 0 rings (SSSR count). The van der Waals surface area contributed by atoms with Gasteiger partial charge in [0.1, 0.15) is 0 Å². The minimum atomic E-state index is -0.870. The number of rotatable bonds is 13. The molecule has 0 heterocycles. The Morgan fingerprint density at radius 1 is 0.864 bits per heavy atom. The number of carboxylic acids is 2. The fourth-order valence-electron chi connectivity index (χ4n) is 1.27. The quantitative estimate of drug-likeness (QED) is 0.287. The maximum atomic E-state index is 9.90. The van der Waals surface area contributed by atoms with Crippen LogP contribution in [0.25, 0.3) is 0 Å². The smallest absolute Gasteiger partial charge is 0.303 e. The van der Waals surface area contributed by atoms with Gasteiger partial charge in [0.05, 0.1) is 13.2 Å². The SMILES string of the molecule is CC(OCCCN)OCCCN.O=C(O)CCCCC(=O)O. The van der Waals surface area contributed by atoms with Crippen molar-refractivity contribution in [3.63, 3.8) is 0 Å². The first-order valence-electron chi connectivity index (χ1n) is 7.51. The highest BCUT2D eigenvalue weighted by molar-refractivity contribution is 5.67. The van der Waals surface area contributed by atoms with E-state index in [1.165, 1.54) is 0 Å². The zero-order valence-electron chi connectivity index (χ0n) is 13.3. The number of ether oxygens (including phenoxy) is 2. The molecule has 0 aromatic carbocycles. The lowest BCUT2D eigenvalue weighted by atomic mass is 10.2. The van der Waals surface area contributed by atoms with Gasteiger partial charge in [-0.1, -0.05) is 0 Å². The van der Waals surface area contributed by atoms with Crippen LogP contribution < -0.4 is 11.5 Å². The van der Waals surface area contributed by atoms with Gasteiger partial charge in [-0.2, -0.15) is 0 Å². The molecule has 6 N–H and O–H groups in total. The van der Waals surface area contributed by atoms with Gasteiger partial charge in [-0.05, 0) is 45.7 Å². The molecule has 0 saturated carbocycles. The maximum Gasteiger partial charge on any atom is 0.303 e. The first-order valence-corrected chi connectivity index (χ1v) is 7.51. The van der Waals surface area contributed by atoms with Gasteiger partial charge in [0.2, 0.25) is 0 Å². The Kier molecular flexibility index (Phi) is 18.7. The van der Waals surface area contributed by atoms with Gasteiger partial charge >= 0.3 is 11.9 Å². The summed E-state index contributed by atoms with van der Waals surface area (Å²) in [5, 5.41) is 16.3. The molecule has 0 atom stereocenters. The van der Waals surface area contributed by atoms with Crippen LogP contribution in [-0.4, -0.2) is 54.7 Å². The van der Waals surface area contributed by atoms with E-state index in [9.17, 15) is 9.59 Å². The molecule has 0 fully saturated rings. The van der Waals surface area contributed by atoms with Crippen LogP contribution in [0.4, 0.5) is 0 Å². The number of carbonyl (C=O) groups is 2. The third-order valence-corrected chi connectivity index (χ3v) is 2.43. The topological polar surface area (TPSA) is 145 Å². The van der Waals surface area contributed by atoms with Crippen molar-refractivity contribution in [3.05, 3.63) is 0 Å². The minimum Gasteiger partial charge on any atom is -0.481 e. The molecular weight excluding hydrogens is 292 g/mol. The molecule has 0 aliphatic rings. The molecule has 0 aliphatic carbocycles. The van der Waals surface area contributed by atoms with Gasteiger partial charge in [0, 0.05) is 12.8 Å². The molecule has 0 bridgehead atoms. The van der Waals surface area contributed by atoms with Gasteiger partial charge in [-0.15, -0.1) is 0 Å². The number of unbranched alkanes of at least 4 members (excludes halogenated alkanes) is 1. The molecule has 22 heavy (non-hydrogen) atoms. The monoisotopic (exact) mass is 322 g/mol. The van der Waals surface area contributed by atoms with Crippen LogP contribution in [0.2, 0.25) is 0 Å². The van der Waals surface area contributed by atoms with Crippen LogP contribution in [0.3, 0.4) is 0 Å². The van der Waals surface area contributed by atoms with Crippen LogP contribution in [0.5, 0.6) is 0 Å². The Bertz CT molecular complexity index is 250. The van der Waals surface area contributed by atoms with E-state index in [-0.39, 0.29) is 19.1 Å². The van der Waals surface area contributed by atoms with Crippen LogP contribution in [0.15, 0.2) is 0 Å². The number of aliphatic carboxylic acids is 2. The summed E-state index contributed by atoms with van der Waals surface area (Å²) in [5.74, 6) is -1.74. The molecule has 0 amide bonds. The largest absolute Gasteiger partial charge is 0.481 e. The van der Waals surface area contributed by atoms with Crippen molar-refractivity contribution in [1.82, 2.24) is 0 Å². The molecule has 0 unspecified atom stereocenters. The highest BCUT2D eigenvalue weighted by atomic mass is 16.7. The van der Waals surface area contributed by atoms with E-state index in [2.05, 4.69) is 0 Å². The second-order valence-corrected chi connectivity index (χ2v) is 4.59. The van der Waals surface area contributed by atoms with Gasteiger partial charge in [-0.3, -0.25) is 9.59 Å². The third kappa shape index (κ3) is 23.8. The van der Waals surface area contributed by atoms with Gasteiger partial charge in [-0.25, -0.2) is 0 Å². The number of hydrogen-bond acceptors (Lipinski definition) is 6. The second-order valence-electron chi connectivity index (χ2n) is 4.59. The summed E-state index contributed by atoms with van der Waals surface area (Å²) in [4.78, 5) is 19.8. The Hall–Kier alpha value is -1.22. The molecule has 0 spiro atoms. The van der Waals surface area contributed by atoms with E-state index < -0.39 is 11.9 Å². The van der Waals surface area contributed by atoms with Crippen LogP contribution >= 0.6 is 0 Å². The van der Waals surface area contributed by atoms with Crippen LogP contribution in [-0.2, 0) is 19.1 Å². The van der Waals surface area contributed by atoms with Crippen LogP contribution in [0.1, 0.15) is 45.4 Å². The molecule has 0 aromatic heterocycles. The first kappa shape index (κ1) is 23.1. The van der Waals surface area contributed by atoms with Crippen molar-refractivity contribution >= 4 is 11.9 Å². The highest BCUT2D eigenvalue weighted by Crippen LogP contribution is 1.98. The molecule has 0 radical (unpaired) electrons. The fourth-order valence-corrected chi connectivity index (χ4v) is 1.27. The Labute approximate surface area is 131 Å². The standard InChI is InChI=1S/C8H20N2O2.C6H10O4/c1-8(11-6-2-4-9)12-7-3-5-10;7-5(8)3-1-2-4-6(9)10/h8H,2-7,9-10H2,1H3;1-4H2,(H,7,8)(H,9,10). The molecule has 0 aliphatic heterocycles.